The van der Waals surface area contributed by atoms with Crippen LogP contribution in [0, 0.1) is 6.92 Å². The van der Waals surface area contributed by atoms with Crippen LogP contribution < -0.4 is 0 Å². The number of hydrogen-bond donors (Lipinski definition) is 0. The van der Waals surface area contributed by atoms with Gasteiger partial charge in [0.1, 0.15) is 0 Å². The van der Waals surface area contributed by atoms with Crippen LogP contribution in [-0.2, 0) is 0 Å². The molecule has 7 aromatic carbocycles. The number of fused-ring (bicyclic) bond motifs is 7. The Labute approximate surface area is 335 Å². The number of aromatic nitrogens is 4. The SMILES string of the molecule is [2H]c1c([2H])c([2H])c(-c2nc(-c3c([2H])c([2H])c(-c4c([2H])c([2H])c([2H])c([2H])c4[2H])c([2H])c3[2H])nc(-n3c4c([2H])c([2H])c([2H])c([2H])c4c4c([2H])c([2H])c5c(c43)C(c3c([2H])c([2H])c([2H])c([2H])c3[2H])c3c([2H])c([2H])c(C)c([2H])c3-5)n2)c([2H])c1[2H]. The first kappa shape index (κ1) is 12.6. The van der Waals surface area contributed by atoms with Crippen molar-refractivity contribution in [2.24, 2.45) is 0 Å². The first-order valence-corrected chi connectivity index (χ1v) is 15.1. The van der Waals surface area contributed by atoms with Gasteiger partial charge in [0.05, 0.1) is 49.4 Å². The van der Waals surface area contributed by atoms with Gasteiger partial charge in [-0.3, -0.25) is 4.57 Å². The third-order valence-electron chi connectivity index (χ3n) is 8.19. The van der Waals surface area contributed by atoms with Crippen molar-refractivity contribution in [2.45, 2.75) is 12.8 Å². The molecule has 2 aromatic heterocycles. The summed E-state index contributed by atoms with van der Waals surface area (Å²) in [6.07, 6.45) is 0. The Hall–Kier alpha value is -6.65. The Bertz CT molecular complexity index is 4260. The molecule has 51 heavy (non-hydrogen) atoms. The minimum absolute atomic E-state index is 0.120. The summed E-state index contributed by atoms with van der Waals surface area (Å²) in [5.74, 6) is -4.61. The van der Waals surface area contributed by atoms with Crippen molar-refractivity contribution in [2.75, 3.05) is 0 Å². The molecule has 2 heterocycles. The number of rotatable bonds is 5. The van der Waals surface area contributed by atoms with E-state index in [1.54, 1.807) is 0 Å². The van der Waals surface area contributed by atoms with E-state index < -0.39 is 248 Å². The molecule has 9 aromatic rings. The van der Waals surface area contributed by atoms with Crippen molar-refractivity contribution in [1.29, 1.82) is 0 Å². The quantitative estimate of drug-likeness (QED) is 0.182. The summed E-state index contributed by atoms with van der Waals surface area (Å²) in [7, 11) is 0. The number of nitrogens with zero attached hydrogens (tertiary/aromatic N) is 4. The van der Waals surface area contributed by atoms with E-state index in [-0.39, 0.29) is 22.3 Å². The van der Waals surface area contributed by atoms with Gasteiger partial charge < -0.3 is 0 Å². The van der Waals surface area contributed by atoms with Crippen LogP contribution in [0.4, 0.5) is 0 Å². The lowest BCUT2D eigenvalue weighted by atomic mass is 9.88. The highest BCUT2D eigenvalue weighted by atomic mass is 15.2. The van der Waals surface area contributed by atoms with E-state index in [0.29, 0.717) is 0 Å². The topological polar surface area (TPSA) is 43.6 Å². The molecule has 0 saturated heterocycles. The van der Waals surface area contributed by atoms with Crippen molar-refractivity contribution >= 4 is 21.8 Å². The summed E-state index contributed by atoms with van der Waals surface area (Å²) in [4.78, 5) is 13.5. The van der Waals surface area contributed by atoms with Crippen molar-refractivity contribution in [3.8, 4) is 51.0 Å². The number of benzene rings is 7. The second-order valence-electron chi connectivity index (χ2n) is 11.1. The van der Waals surface area contributed by atoms with Gasteiger partial charge in [0, 0.05) is 27.8 Å². The molecule has 4 heteroatoms. The molecule has 0 N–H and O–H groups in total. The molecule has 10 rings (SSSR count). The van der Waals surface area contributed by atoms with E-state index in [2.05, 4.69) is 15.0 Å². The van der Waals surface area contributed by atoms with Gasteiger partial charge in [-0.05, 0) is 51.9 Å². The van der Waals surface area contributed by atoms with Gasteiger partial charge in [-0.2, -0.15) is 9.97 Å². The molecular formula is C47H32N4. The van der Waals surface area contributed by atoms with Crippen LogP contribution in [0.5, 0.6) is 0 Å². The van der Waals surface area contributed by atoms with E-state index in [1.165, 1.54) is 6.92 Å². The second-order valence-corrected chi connectivity index (χ2v) is 11.1. The molecule has 0 aliphatic heterocycles. The molecule has 0 radical (unpaired) electrons. The van der Waals surface area contributed by atoms with Crippen LogP contribution in [0.2, 0.25) is 0 Å². The standard InChI is InChI=1S/C47H32N4/c1-30-21-26-37-40(29-30)38-27-28-39-36-19-11-12-20-41(36)51(44(39)43(38)42(37)33-15-7-3-8-16-33)47-49-45(34-17-9-4-10-18-34)48-46(50-47)35-24-22-32(23-25-35)31-13-5-2-6-14-31/h2-29,42H,1H3/i2D,3D,4D,5D,6D,7D,8D,9D,10D,11D,12D,13D,14D,15D,16D,17D,18D,19D,20D,21D,22D,23D,24D,25D,26D,27D,28D,29D. The van der Waals surface area contributed by atoms with Crippen LogP contribution in [0.1, 0.15) is 66.6 Å². The predicted octanol–water partition coefficient (Wildman–Crippen LogP) is 11.4. The highest BCUT2D eigenvalue weighted by Gasteiger charge is 2.34. The fraction of sp³-hybridized carbons (Fsp3) is 0.0426. The summed E-state index contributed by atoms with van der Waals surface area (Å²) in [6.45, 7) is 1.32. The first-order valence-electron chi connectivity index (χ1n) is 29.1. The summed E-state index contributed by atoms with van der Waals surface area (Å²) in [6, 6.07) is -24.4. The summed E-state index contributed by atoms with van der Waals surface area (Å²) < 4.78 is 251. The molecule has 1 unspecified atom stereocenters. The lowest BCUT2D eigenvalue weighted by molar-refractivity contribution is 0.940. The Kier molecular flexibility index (Phi) is 2.90. The smallest absolute Gasteiger partial charge is 0.238 e. The minimum Gasteiger partial charge on any atom is -0.277 e. The lowest BCUT2D eigenvalue weighted by Crippen LogP contribution is -2.08. The van der Waals surface area contributed by atoms with Crippen molar-refractivity contribution in [3.05, 3.63) is 191 Å². The Balaban J connectivity index is 1.48. The maximum absolute atomic E-state index is 9.69. The molecule has 0 fully saturated rings. The molecule has 240 valence electrons. The van der Waals surface area contributed by atoms with Gasteiger partial charge in [-0.1, -0.05) is 169 Å². The maximum atomic E-state index is 9.69. The summed E-state index contributed by atoms with van der Waals surface area (Å²) in [5, 5.41) is -1.05. The summed E-state index contributed by atoms with van der Waals surface area (Å²) >= 11 is 0. The van der Waals surface area contributed by atoms with E-state index in [1.807, 2.05) is 0 Å². The minimum atomic E-state index is -1.89. The third-order valence-corrected chi connectivity index (χ3v) is 8.19. The molecule has 0 saturated carbocycles. The zero-order chi connectivity index (χ0) is 58.3. The van der Waals surface area contributed by atoms with Gasteiger partial charge >= 0.3 is 0 Å². The number of para-hydroxylation sites is 1. The monoisotopic (exact) mass is 680 g/mol. The first-order chi connectivity index (χ1) is 36.9. The average molecular weight is 681 g/mol. The molecule has 1 aliphatic carbocycles. The largest absolute Gasteiger partial charge is 0.277 e. The normalized spacial score (nSPS) is 21.1. The fourth-order valence-corrected chi connectivity index (χ4v) is 6.10. The summed E-state index contributed by atoms with van der Waals surface area (Å²) in [5.41, 5.74) is -6.44. The Morgan fingerprint density at radius 2 is 1.10 bits per heavy atom. The van der Waals surface area contributed by atoms with Crippen molar-refractivity contribution < 1.29 is 38.4 Å². The van der Waals surface area contributed by atoms with Gasteiger partial charge in [-0.25, -0.2) is 4.98 Å². The van der Waals surface area contributed by atoms with Crippen LogP contribution in [-0.4, -0.2) is 19.5 Å². The molecule has 4 nitrogen and oxygen atoms in total. The maximum Gasteiger partial charge on any atom is 0.238 e. The lowest BCUT2D eigenvalue weighted by Gasteiger charge is -2.18. The third kappa shape index (κ3) is 4.79. The predicted molar refractivity (Wildman–Crippen MR) is 208 cm³/mol. The highest BCUT2D eigenvalue weighted by Crippen LogP contribution is 2.52. The van der Waals surface area contributed by atoms with Crippen LogP contribution in [0.15, 0.2) is 169 Å². The second kappa shape index (κ2) is 11.7. The van der Waals surface area contributed by atoms with Gasteiger partial charge in [0.2, 0.25) is 5.95 Å². The van der Waals surface area contributed by atoms with Crippen LogP contribution in [0.25, 0.3) is 72.8 Å². The van der Waals surface area contributed by atoms with Gasteiger partial charge in [-0.15, -0.1) is 0 Å². The molecule has 1 aliphatic rings. The van der Waals surface area contributed by atoms with Crippen molar-refractivity contribution in [1.82, 2.24) is 19.5 Å². The average Bonchev–Trinajstić information content (AvgIpc) is 3.15. The zero-order valence-electron chi connectivity index (χ0n) is 53.9. The molecule has 0 spiro atoms. The number of hydrogen-bond acceptors (Lipinski definition) is 3. The van der Waals surface area contributed by atoms with E-state index >= 15 is 0 Å². The van der Waals surface area contributed by atoms with Gasteiger partial charge in [0.25, 0.3) is 0 Å². The molecule has 0 bridgehead atoms. The molecule has 1 atom stereocenters. The Morgan fingerprint density at radius 3 is 1.82 bits per heavy atom. The van der Waals surface area contributed by atoms with Crippen LogP contribution >= 0.6 is 0 Å². The van der Waals surface area contributed by atoms with Gasteiger partial charge in [0.15, 0.2) is 11.6 Å². The van der Waals surface area contributed by atoms with E-state index in [4.69, 9.17) is 21.9 Å². The molecule has 0 amide bonds. The molecular weight excluding hydrogens is 621 g/mol. The van der Waals surface area contributed by atoms with E-state index in [0.717, 1.165) is 4.57 Å². The Morgan fingerprint density at radius 1 is 0.510 bits per heavy atom. The van der Waals surface area contributed by atoms with Crippen molar-refractivity contribution in [3.63, 3.8) is 0 Å². The fourth-order valence-electron chi connectivity index (χ4n) is 6.10. The van der Waals surface area contributed by atoms with E-state index in [9.17, 15) is 16.4 Å². The zero-order valence-corrected chi connectivity index (χ0v) is 25.9. The highest BCUT2D eigenvalue weighted by molar-refractivity contribution is 6.12. The van der Waals surface area contributed by atoms with Crippen LogP contribution in [0.3, 0.4) is 0 Å².